The minimum atomic E-state index is -0.00925. The van der Waals surface area contributed by atoms with Gasteiger partial charge in [-0.25, -0.2) is 0 Å². The topological polar surface area (TPSA) is 30.7 Å². The quantitative estimate of drug-likeness (QED) is 0.759. The zero-order valence-electron chi connectivity index (χ0n) is 9.61. The minimum absolute atomic E-state index is 0.00925. The Morgan fingerprint density at radius 2 is 1.94 bits per heavy atom. The van der Waals surface area contributed by atoms with Gasteiger partial charge < -0.3 is 0 Å². The van der Waals surface area contributed by atoms with E-state index in [1.807, 2.05) is 29.2 Å². The first kappa shape index (κ1) is 11.1. The second-order valence-electron chi connectivity index (χ2n) is 4.71. The van der Waals surface area contributed by atoms with Crippen molar-refractivity contribution in [1.82, 2.24) is 14.8 Å². The third-order valence-corrected chi connectivity index (χ3v) is 2.52. The summed E-state index contributed by atoms with van der Waals surface area (Å²) in [4.78, 5) is 4.26. The lowest BCUT2D eigenvalue weighted by atomic mass is 10.1. The molecule has 0 aliphatic heterocycles. The highest BCUT2D eigenvalue weighted by atomic mass is 35.5. The molecule has 0 aliphatic carbocycles. The number of aromatic nitrogens is 3. The molecule has 0 spiro atoms. The molecule has 0 saturated heterocycles. The fourth-order valence-electron chi connectivity index (χ4n) is 1.37. The fraction of sp³-hybridized carbons (Fsp3) is 0.333. The monoisotopic (exact) mass is 235 g/mol. The maximum Gasteiger partial charge on any atom is 0.0734 e. The molecule has 0 saturated carbocycles. The Hall–Kier alpha value is -1.35. The predicted octanol–water partition coefficient (Wildman–Crippen LogP) is 3.35. The molecule has 3 nitrogen and oxygen atoms in total. The molecule has 4 heteroatoms. The first-order valence-electron chi connectivity index (χ1n) is 5.14. The van der Waals surface area contributed by atoms with Crippen molar-refractivity contribution in [2.24, 2.45) is 0 Å². The van der Waals surface area contributed by atoms with Gasteiger partial charge in [0.25, 0.3) is 0 Å². The second kappa shape index (κ2) is 3.91. The van der Waals surface area contributed by atoms with Gasteiger partial charge >= 0.3 is 0 Å². The van der Waals surface area contributed by atoms with Crippen LogP contribution in [0.2, 0.25) is 5.02 Å². The highest BCUT2D eigenvalue weighted by Crippen LogP contribution is 2.21. The number of nitrogens with zero attached hydrogens (tertiary/aromatic N) is 3. The van der Waals surface area contributed by atoms with E-state index >= 15 is 0 Å². The molecular formula is C12H14ClN3. The number of pyridine rings is 1. The van der Waals surface area contributed by atoms with Crippen molar-refractivity contribution >= 4 is 11.6 Å². The summed E-state index contributed by atoms with van der Waals surface area (Å²) < 4.78 is 1.93. The maximum atomic E-state index is 5.79. The molecular weight excluding hydrogens is 222 g/mol. The summed E-state index contributed by atoms with van der Waals surface area (Å²) in [5, 5.41) is 4.98. The molecule has 84 valence electrons. The van der Waals surface area contributed by atoms with Crippen LogP contribution >= 0.6 is 11.6 Å². The van der Waals surface area contributed by atoms with Crippen molar-refractivity contribution in [3.05, 3.63) is 35.7 Å². The molecule has 2 rings (SSSR count). The van der Waals surface area contributed by atoms with Crippen molar-refractivity contribution in [2.45, 2.75) is 26.3 Å². The van der Waals surface area contributed by atoms with Gasteiger partial charge in [-0.2, -0.15) is 5.10 Å². The van der Waals surface area contributed by atoms with Gasteiger partial charge in [-0.3, -0.25) is 9.67 Å². The molecule has 16 heavy (non-hydrogen) atoms. The smallest absolute Gasteiger partial charge is 0.0734 e. The average molecular weight is 236 g/mol. The highest BCUT2D eigenvalue weighted by molar-refractivity contribution is 6.30. The Morgan fingerprint density at radius 1 is 1.19 bits per heavy atom. The van der Waals surface area contributed by atoms with Crippen LogP contribution in [-0.2, 0) is 5.54 Å². The molecule has 0 aromatic carbocycles. The third kappa shape index (κ3) is 2.25. The van der Waals surface area contributed by atoms with Crippen LogP contribution in [0.5, 0.6) is 0 Å². The van der Waals surface area contributed by atoms with Crippen LogP contribution < -0.4 is 0 Å². The van der Waals surface area contributed by atoms with Crippen molar-refractivity contribution < 1.29 is 0 Å². The van der Waals surface area contributed by atoms with Gasteiger partial charge in [0.2, 0.25) is 0 Å². The summed E-state index contributed by atoms with van der Waals surface area (Å²) in [6.07, 6.45) is 5.46. The molecule has 2 heterocycles. The standard InChI is InChI=1S/C12H14ClN3/c1-12(2,3)16-8-9(6-15-16)11-5-4-10(13)7-14-11/h4-8H,1-3H3. The number of rotatable bonds is 1. The molecule has 0 unspecified atom stereocenters. The molecule has 0 amide bonds. The minimum Gasteiger partial charge on any atom is -0.267 e. The van der Waals surface area contributed by atoms with Crippen LogP contribution in [0.4, 0.5) is 0 Å². The predicted molar refractivity (Wildman–Crippen MR) is 65.5 cm³/mol. The van der Waals surface area contributed by atoms with E-state index in [4.69, 9.17) is 11.6 Å². The number of halogens is 1. The second-order valence-corrected chi connectivity index (χ2v) is 5.14. The summed E-state index contributed by atoms with van der Waals surface area (Å²) in [5.74, 6) is 0. The van der Waals surface area contributed by atoms with E-state index in [-0.39, 0.29) is 5.54 Å². The lowest BCUT2D eigenvalue weighted by molar-refractivity contribution is 0.355. The van der Waals surface area contributed by atoms with E-state index < -0.39 is 0 Å². The molecule has 0 N–H and O–H groups in total. The average Bonchev–Trinajstić information content (AvgIpc) is 2.67. The van der Waals surface area contributed by atoms with Crippen molar-refractivity contribution in [1.29, 1.82) is 0 Å². The first-order chi connectivity index (χ1) is 7.47. The summed E-state index contributed by atoms with van der Waals surface area (Å²) in [6, 6.07) is 3.73. The molecule has 2 aromatic heterocycles. The number of hydrogen-bond acceptors (Lipinski definition) is 2. The normalized spacial score (nSPS) is 11.8. The lowest BCUT2D eigenvalue weighted by Gasteiger charge is -2.18. The SMILES string of the molecule is CC(C)(C)n1cc(-c2ccc(Cl)cn2)cn1. The lowest BCUT2D eigenvalue weighted by Crippen LogP contribution is -2.21. The van der Waals surface area contributed by atoms with E-state index in [2.05, 4.69) is 30.9 Å². The molecule has 2 aromatic rings. The van der Waals surface area contributed by atoms with Crippen molar-refractivity contribution in [3.8, 4) is 11.3 Å². The highest BCUT2D eigenvalue weighted by Gasteiger charge is 2.14. The zero-order chi connectivity index (χ0) is 11.8. The van der Waals surface area contributed by atoms with Gasteiger partial charge in [0, 0.05) is 18.0 Å². The van der Waals surface area contributed by atoms with Crippen LogP contribution in [0.15, 0.2) is 30.7 Å². The summed E-state index contributed by atoms with van der Waals surface area (Å²) in [6.45, 7) is 6.33. The van der Waals surface area contributed by atoms with E-state index in [0.717, 1.165) is 11.3 Å². The van der Waals surface area contributed by atoms with Crippen LogP contribution in [0.1, 0.15) is 20.8 Å². The molecule has 0 atom stereocenters. The van der Waals surface area contributed by atoms with Crippen molar-refractivity contribution in [3.63, 3.8) is 0 Å². The largest absolute Gasteiger partial charge is 0.267 e. The molecule has 0 fully saturated rings. The Kier molecular flexibility index (Phi) is 2.72. The fourth-order valence-corrected chi connectivity index (χ4v) is 1.48. The summed E-state index contributed by atoms with van der Waals surface area (Å²) in [5.41, 5.74) is 1.89. The van der Waals surface area contributed by atoms with E-state index in [1.165, 1.54) is 0 Å². The van der Waals surface area contributed by atoms with Gasteiger partial charge in [0.1, 0.15) is 0 Å². The molecule has 0 radical (unpaired) electrons. The summed E-state index contributed by atoms with van der Waals surface area (Å²) >= 11 is 5.79. The Labute approximate surface area is 100 Å². The van der Waals surface area contributed by atoms with Crippen LogP contribution in [0.25, 0.3) is 11.3 Å². The van der Waals surface area contributed by atoms with Gasteiger partial charge in [-0.05, 0) is 32.9 Å². The zero-order valence-corrected chi connectivity index (χ0v) is 10.4. The first-order valence-corrected chi connectivity index (χ1v) is 5.52. The van der Waals surface area contributed by atoms with E-state index in [0.29, 0.717) is 5.02 Å². The van der Waals surface area contributed by atoms with Gasteiger partial charge in [0.05, 0.1) is 22.5 Å². The van der Waals surface area contributed by atoms with Gasteiger partial charge in [0.15, 0.2) is 0 Å². The Balaban J connectivity index is 2.35. The van der Waals surface area contributed by atoms with Gasteiger partial charge in [-0.1, -0.05) is 11.6 Å². The van der Waals surface area contributed by atoms with E-state index in [1.54, 1.807) is 6.20 Å². The molecule has 0 aliphatic rings. The van der Waals surface area contributed by atoms with Gasteiger partial charge in [-0.15, -0.1) is 0 Å². The van der Waals surface area contributed by atoms with Crippen LogP contribution in [0.3, 0.4) is 0 Å². The van der Waals surface area contributed by atoms with Crippen LogP contribution in [0, 0.1) is 0 Å². The van der Waals surface area contributed by atoms with Crippen LogP contribution in [-0.4, -0.2) is 14.8 Å². The molecule has 0 bridgehead atoms. The maximum absolute atomic E-state index is 5.79. The third-order valence-electron chi connectivity index (χ3n) is 2.29. The van der Waals surface area contributed by atoms with E-state index in [9.17, 15) is 0 Å². The Bertz CT molecular complexity index is 480. The summed E-state index contributed by atoms with van der Waals surface area (Å²) in [7, 11) is 0. The number of hydrogen-bond donors (Lipinski definition) is 0. The Morgan fingerprint density at radius 3 is 2.44 bits per heavy atom. The van der Waals surface area contributed by atoms with Crippen molar-refractivity contribution in [2.75, 3.05) is 0 Å².